The quantitative estimate of drug-likeness (QED) is 0.864. The van der Waals surface area contributed by atoms with E-state index in [2.05, 4.69) is 43.3 Å². The molecule has 1 heterocycles. The van der Waals surface area contributed by atoms with Gasteiger partial charge < -0.3 is 8.84 Å². The van der Waals surface area contributed by atoms with E-state index in [1.54, 1.807) is 18.2 Å². The molecule has 1 N–H and O–H groups in total. The molecule has 0 spiro atoms. The van der Waals surface area contributed by atoms with E-state index in [9.17, 15) is 9.59 Å². The molecular weight excluding hydrogens is 274 g/mol. The molecule has 0 fully saturated rings. The maximum absolute atomic E-state index is 11.9. The minimum Gasteiger partial charge on any atom is -0.543 e. The molecule has 0 unspecified atom stereocenters. The van der Waals surface area contributed by atoms with Crippen LogP contribution in [0.1, 0.15) is 20.8 Å². The molecule has 2 rings (SSSR count). The highest BCUT2D eigenvalue weighted by molar-refractivity contribution is 6.74. The second-order valence-corrected chi connectivity index (χ2v) is 11.1. The number of aromatic nitrogens is 1. The second-order valence-electron chi connectivity index (χ2n) is 6.34. The summed E-state index contributed by atoms with van der Waals surface area (Å²) in [5.41, 5.74) is -0.236. The zero-order valence-electron chi connectivity index (χ0n) is 12.4. The monoisotopic (exact) mass is 293 g/mol. The van der Waals surface area contributed by atoms with Gasteiger partial charge in [-0.2, -0.15) is 0 Å². The molecule has 2 aromatic rings. The molecule has 0 saturated carbocycles. The van der Waals surface area contributed by atoms with Gasteiger partial charge >= 0.3 is 11.4 Å². The van der Waals surface area contributed by atoms with Crippen LogP contribution < -0.4 is 15.8 Å². The van der Waals surface area contributed by atoms with E-state index in [-0.39, 0.29) is 10.4 Å². The topological polar surface area (TPSA) is 72.3 Å². The summed E-state index contributed by atoms with van der Waals surface area (Å²) in [6.45, 7) is 10.6. The molecular formula is C14H19NO4Si. The average Bonchev–Trinajstić information content (AvgIpc) is 2.25. The van der Waals surface area contributed by atoms with Crippen LogP contribution in [-0.4, -0.2) is 13.3 Å². The lowest BCUT2D eigenvalue weighted by Gasteiger charge is -2.36. The Bertz CT molecular complexity index is 752. The summed E-state index contributed by atoms with van der Waals surface area (Å²) in [4.78, 5) is 25.6. The van der Waals surface area contributed by atoms with Gasteiger partial charge in [0.05, 0.1) is 5.52 Å². The van der Waals surface area contributed by atoms with Crippen molar-refractivity contribution in [3.05, 3.63) is 39.2 Å². The number of rotatable bonds is 2. The first-order valence-corrected chi connectivity index (χ1v) is 9.38. The molecule has 1 aromatic heterocycles. The van der Waals surface area contributed by atoms with Crippen molar-refractivity contribution in [2.24, 2.45) is 0 Å². The maximum Gasteiger partial charge on any atom is 0.419 e. The van der Waals surface area contributed by atoms with Crippen LogP contribution in [-0.2, 0) is 0 Å². The SMILES string of the molecule is CC(C)(C)[Si](C)(C)Oc1cccc2[nH]c(=O)oc(=O)c12. The number of fused-ring (bicyclic) bond motifs is 1. The lowest BCUT2D eigenvalue weighted by Crippen LogP contribution is -2.44. The van der Waals surface area contributed by atoms with Crippen molar-refractivity contribution in [2.45, 2.75) is 38.9 Å². The van der Waals surface area contributed by atoms with Gasteiger partial charge in [0, 0.05) is 0 Å². The molecule has 0 aliphatic carbocycles. The Kier molecular flexibility index (Phi) is 3.37. The van der Waals surface area contributed by atoms with Crippen molar-refractivity contribution in [3.63, 3.8) is 0 Å². The van der Waals surface area contributed by atoms with Gasteiger partial charge in [-0.25, -0.2) is 9.59 Å². The number of aromatic amines is 1. The van der Waals surface area contributed by atoms with Crippen molar-refractivity contribution in [1.29, 1.82) is 0 Å². The van der Waals surface area contributed by atoms with Crippen LogP contribution in [0.15, 0.2) is 32.2 Å². The van der Waals surface area contributed by atoms with Crippen molar-refractivity contribution < 1.29 is 8.84 Å². The summed E-state index contributed by atoms with van der Waals surface area (Å²) in [6, 6.07) is 5.14. The summed E-state index contributed by atoms with van der Waals surface area (Å²) in [5, 5.41) is 0.300. The fourth-order valence-corrected chi connectivity index (χ4v) is 2.66. The maximum atomic E-state index is 11.9. The van der Waals surface area contributed by atoms with Crippen molar-refractivity contribution in [2.75, 3.05) is 0 Å². The van der Waals surface area contributed by atoms with Crippen molar-refractivity contribution >= 4 is 19.2 Å². The molecule has 6 heteroatoms. The second kappa shape index (κ2) is 4.62. The lowest BCUT2D eigenvalue weighted by molar-refractivity contribution is 0.454. The fraction of sp³-hybridized carbons (Fsp3) is 0.429. The molecule has 0 aliphatic rings. The third-order valence-corrected chi connectivity index (χ3v) is 8.17. The van der Waals surface area contributed by atoms with Gasteiger partial charge in [0.2, 0.25) is 0 Å². The van der Waals surface area contributed by atoms with E-state index in [4.69, 9.17) is 4.43 Å². The van der Waals surface area contributed by atoms with Crippen LogP contribution in [0.3, 0.4) is 0 Å². The van der Waals surface area contributed by atoms with E-state index in [0.29, 0.717) is 11.3 Å². The number of nitrogens with one attached hydrogen (secondary N) is 1. The Hall–Kier alpha value is -1.82. The largest absolute Gasteiger partial charge is 0.543 e. The zero-order chi connectivity index (χ0) is 15.1. The standard InChI is InChI=1S/C14H19NO4Si/c1-14(2,3)20(4,5)19-10-8-6-7-9-11(10)12(16)18-13(17)15-9/h6-8H,1-5H3,(H,15,17). The lowest BCUT2D eigenvalue weighted by atomic mass is 10.2. The zero-order valence-corrected chi connectivity index (χ0v) is 13.4. The van der Waals surface area contributed by atoms with E-state index in [1.807, 2.05) is 0 Å². The molecule has 20 heavy (non-hydrogen) atoms. The highest BCUT2D eigenvalue weighted by Crippen LogP contribution is 2.38. The van der Waals surface area contributed by atoms with Crippen LogP contribution in [0.5, 0.6) is 5.75 Å². The number of hydrogen-bond acceptors (Lipinski definition) is 4. The molecule has 0 radical (unpaired) electrons. The normalized spacial score (nSPS) is 12.7. The Morgan fingerprint density at radius 2 is 1.85 bits per heavy atom. The Morgan fingerprint density at radius 1 is 1.20 bits per heavy atom. The predicted octanol–water partition coefficient (Wildman–Crippen LogP) is 2.87. The highest BCUT2D eigenvalue weighted by atomic mass is 28.4. The molecule has 1 aromatic carbocycles. The third-order valence-electron chi connectivity index (χ3n) is 3.82. The first kappa shape index (κ1) is 14.6. The first-order chi connectivity index (χ1) is 9.12. The third kappa shape index (κ3) is 2.56. The summed E-state index contributed by atoms with van der Waals surface area (Å²) in [6.07, 6.45) is 0. The molecule has 0 amide bonds. The van der Waals surface area contributed by atoms with Crippen LogP contribution >= 0.6 is 0 Å². The fourth-order valence-electron chi connectivity index (χ4n) is 1.63. The molecule has 0 bridgehead atoms. The molecule has 0 aliphatic heterocycles. The Morgan fingerprint density at radius 3 is 2.45 bits per heavy atom. The summed E-state index contributed by atoms with van der Waals surface area (Å²) in [7, 11) is -2.07. The van der Waals surface area contributed by atoms with Crippen LogP contribution in [0.2, 0.25) is 18.1 Å². The van der Waals surface area contributed by atoms with Gasteiger partial charge in [0.1, 0.15) is 11.1 Å². The minimum absolute atomic E-state index is 0.0115. The van der Waals surface area contributed by atoms with Crippen molar-refractivity contribution in [3.8, 4) is 5.75 Å². The van der Waals surface area contributed by atoms with Gasteiger partial charge in [-0.15, -0.1) is 0 Å². The minimum atomic E-state index is -2.07. The van der Waals surface area contributed by atoms with Gasteiger partial charge in [-0.05, 0) is 30.3 Å². The van der Waals surface area contributed by atoms with E-state index >= 15 is 0 Å². The highest BCUT2D eigenvalue weighted by Gasteiger charge is 2.39. The molecule has 5 nitrogen and oxygen atoms in total. The predicted molar refractivity (Wildman–Crippen MR) is 80.9 cm³/mol. The summed E-state index contributed by atoms with van der Waals surface area (Å²) >= 11 is 0. The van der Waals surface area contributed by atoms with Crippen LogP contribution in [0, 0.1) is 0 Å². The summed E-state index contributed by atoms with van der Waals surface area (Å²) in [5.74, 6) is -0.286. The van der Waals surface area contributed by atoms with E-state index in [0.717, 1.165) is 0 Å². The molecule has 0 atom stereocenters. The van der Waals surface area contributed by atoms with Crippen molar-refractivity contribution in [1.82, 2.24) is 4.98 Å². The average molecular weight is 293 g/mol. The number of benzene rings is 1. The Labute approximate surface area is 117 Å². The smallest absolute Gasteiger partial charge is 0.419 e. The van der Waals surface area contributed by atoms with Crippen LogP contribution in [0.4, 0.5) is 0 Å². The van der Waals surface area contributed by atoms with Gasteiger partial charge in [0.25, 0.3) is 8.32 Å². The van der Waals surface area contributed by atoms with E-state index in [1.165, 1.54) is 0 Å². The van der Waals surface area contributed by atoms with Gasteiger partial charge in [0.15, 0.2) is 0 Å². The number of hydrogen-bond donors (Lipinski definition) is 1. The molecule has 108 valence electrons. The molecule has 0 saturated heterocycles. The van der Waals surface area contributed by atoms with Gasteiger partial charge in [-0.1, -0.05) is 26.8 Å². The van der Waals surface area contributed by atoms with E-state index < -0.39 is 19.7 Å². The first-order valence-electron chi connectivity index (χ1n) is 6.47. The van der Waals surface area contributed by atoms with Crippen LogP contribution in [0.25, 0.3) is 10.9 Å². The van der Waals surface area contributed by atoms with Gasteiger partial charge in [-0.3, -0.25) is 4.98 Å². The Balaban J connectivity index is 2.63. The number of H-pyrrole nitrogens is 1. The summed E-state index contributed by atoms with van der Waals surface area (Å²) < 4.78 is 10.8.